The summed E-state index contributed by atoms with van der Waals surface area (Å²) in [5.41, 5.74) is -0.789. The molecular formula is C13H26N2O3. The standard InChI is InChI=1S/C13H26N2O3/c1-3-6-14-13(2,12(16)17)5-4-7-15-8-10-18-11-9-15/h14H,3-11H2,1-2H3,(H,16,17). The van der Waals surface area contributed by atoms with Gasteiger partial charge in [0.15, 0.2) is 0 Å². The molecule has 0 radical (unpaired) electrons. The molecule has 0 amide bonds. The predicted molar refractivity (Wildman–Crippen MR) is 70.8 cm³/mol. The van der Waals surface area contributed by atoms with Crippen molar-refractivity contribution in [2.24, 2.45) is 0 Å². The van der Waals surface area contributed by atoms with Crippen LogP contribution in [0.3, 0.4) is 0 Å². The Morgan fingerprint density at radius 1 is 1.44 bits per heavy atom. The molecule has 1 heterocycles. The summed E-state index contributed by atoms with van der Waals surface area (Å²) in [5.74, 6) is -0.752. The van der Waals surface area contributed by atoms with Gasteiger partial charge >= 0.3 is 5.97 Å². The number of hydrogen-bond acceptors (Lipinski definition) is 4. The number of nitrogens with zero attached hydrogens (tertiary/aromatic N) is 1. The molecule has 0 aromatic heterocycles. The van der Waals surface area contributed by atoms with Gasteiger partial charge in [0.05, 0.1) is 13.2 Å². The Balaban J connectivity index is 2.30. The fourth-order valence-electron chi connectivity index (χ4n) is 2.15. The first-order chi connectivity index (χ1) is 8.58. The lowest BCUT2D eigenvalue weighted by Gasteiger charge is -2.30. The second kappa shape index (κ2) is 7.71. The zero-order chi connectivity index (χ0) is 13.4. The van der Waals surface area contributed by atoms with Gasteiger partial charge in [-0.25, -0.2) is 0 Å². The fraction of sp³-hybridized carbons (Fsp3) is 0.923. The molecule has 1 rings (SSSR count). The highest BCUT2D eigenvalue weighted by molar-refractivity contribution is 5.78. The molecule has 0 bridgehead atoms. The van der Waals surface area contributed by atoms with Crippen molar-refractivity contribution in [1.29, 1.82) is 0 Å². The van der Waals surface area contributed by atoms with Crippen LogP contribution < -0.4 is 5.32 Å². The van der Waals surface area contributed by atoms with E-state index in [1.807, 2.05) is 6.92 Å². The summed E-state index contributed by atoms with van der Waals surface area (Å²) < 4.78 is 5.29. The smallest absolute Gasteiger partial charge is 0.323 e. The Bertz CT molecular complexity index is 255. The first-order valence-electron chi connectivity index (χ1n) is 6.87. The molecule has 2 N–H and O–H groups in total. The molecule has 0 saturated carbocycles. The van der Waals surface area contributed by atoms with E-state index in [9.17, 15) is 9.90 Å². The quantitative estimate of drug-likeness (QED) is 0.678. The molecule has 0 aromatic rings. The number of carbonyl (C=O) groups is 1. The molecule has 1 fully saturated rings. The average Bonchev–Trinajstić information content (AvgIpc) is 2.37. The third kappa shape index (κ3) is 4.92. The number of rotatable bonds is 8. The zero-order valence-electron chi connectivity index (χ0n) is 11.6. The van der Waals surface area contributed by atoms with Crippen molar-refractivity contribution in [2.75, 3.05) is 39.4 Å². The van der Waals surface area contributed by atoms with Crippen LogP contribution >= 0.6 is 0 Å². The molecule has 0 aliphatic carbocycles. The summed E-state index contributed by atoms with van der Waals surface area (Å²) in [4.78, 5) is 13.7. The summed E-state index contributed by atoms with van der Waals surface area (Å²) in [5, 5.41) is 12.4. The highest BCUT2D eigenvalue weighted by atomic mass is 16.5. The van der Waals surface area contributed by atoms with Gasteiger partial charge in [0.1, 0.15) is 5.54 Å². The molecule has 1 aliphatic rings. The van der Waals surface area contributed by atoms with Crippen LogP contribution in [0.1, 0.15) is 33.1 Å². The number of hydrogen-bond donors (Lipinski definition) is 2. The van der Waals surface area contributed by atoms with E-state index < -0.39 is 11.5 Å². The van der Waals surface area contributed by atoms with Crippen LogP contribution in [0.4, 0.5) is 0 Å². The minimum absolute atomic E-state index is 0.666. The summed E-state index contributed by atoms with van der Waals surface area (Å²) in [6, 6.07) is 0. The summed E-state index contributed by atoms with van der Waals surface area (Å²) in [7, 11) is 0. The number of carboxylic acids is 1. The molecule has 0 spiro atoms. The van der Waals surface area contributed by atoms with E-state index in [-0.39, 0.29) is 0 Å². The van der Waals surface area contributed by atoms with Crippen LogP contribution in [0, 0.1) is 0 Å². The lowest BCUT2D eigenvalue weighted by Crippen LogP contribution is -2.50. The van der Waals surface area contributed by atoms with Gasteiger partial charge in [-0.1, -0.05) is 6.92 Å². The zero-order valence-corrected chi connectivity index (χ0v) is 11.6. The molecule has 5 nitrogen and oxygen atoms in total. The van der Waals surface area contributed by atoms with E-state index >= 15 is 0 Å². The summed E-state index contributed by atoms with van der Waals surface area (Å²) in [6.45, 7) is 9.06. The van der Waals surface area contributed by atoms with Crippen LogP contribution in [0.2, 0.25) is 0 Å². The van der Waals surface area contributed by atoms with Gasteiger partial charge in [-0.2, -0.15) is 0 Å². The van der Waals surface area contributed by atoms with E-state index in [0.29, 0.717) is 6.42 Å². The fourth-order valence-corrected chi connectivity index (χ4v) is 2.15. The monoisotopic (exact) mass is 258 g/mol. The van der Waals surface area contributed by atoms with E-state index in [1.54, 1.807) is 6.92 Å². The SMILES string of the molecule is CCCNC(C)(CCCN1CCOCC1)C(=O)O. The maximum Gasteiger partial charge on any atom is 0.323 e. The molecule has 1 unspecified atom stereocenters. The van der Waals surface area contributed by atoms with E-state index in [1.165, 1.54) is 0 Å². The number of morpholine rings is 1. The van der Waals surface area contributed by atoms with Crippen LogP contribution in [0.25, 0.3) is 0 Å². The van der Waals surface area contributed by atoms with Crippen LogP contribution in [0.15, 0.2) is 0 Å². The van der Waals surface area contributed by atoms with Crippen molar-refractivity contribution in [1.82, 2.24) is 10.2 Å². The van der Waals surface area contributed by atoms with Gasteiger partial charge in [0.25, 0.3) is 0 Å². The van der Waals surface area contributed by atoms with Crippen molar-refractivity contribution in [2.45, 2.75) is 38.6 Å². The topological polar surface area (TPSA) is 61.8 Å². The van der Waals surface area contributed by atoms with Crippen LogP contribution in [-0.2, 0) is 9.53 Å². The third-order valence-corrected chi connectivity index (χ3v) is 3.49. The second-order valence-electron chi connectivity index (χ2n) is 5.12. The second-order valence-corrected chi connectivity index (χ2v) is 5.12. The predicted octanol–water partition coefficient (Wildman–Crippen LogP) is 0.942. The Hall–Kier alpha value is -0.650. The van der Waals surface area contributed by atoms with E-state index in [4.69, 9.17) is 4.74 Å². The van der Waals surface area contributed by atoms with Crippen molar-refractivity contribution >= 4 is 5.97 Å². The number of aliphatic carboxylic acids is 1. The van der Waals surface area contributed by atoms with E-state index in [2.05, 4.69) is 10.2 Å². The number of nitrogens with one attached hydrogen (secondary N) is 1. The van der Waals surface area contributed by atoms with Gasteiger partial charge in [-0.3, -0.25) is 9.69 Å². The minimum atomic E-state index is -0.789. The molecule has 1 saturated heterocycles. The number of ether oxygens (including phenoxy) is 1. The van der Waals surface area contributed by atoms with E-state index in [0.717, 1.165) is 52.2 Å². The van der Waals surface area contributed by atoms with Crippen LogP contribution in [0.5, 0.6) is 0 Å². The molecular weight excluding hydrogens is 232 g/mol. The lowest BCUT2D eigenvalue weighted by atomic mass is 9.95. The van der Waals surface area contributed by atoms with Crippen LogP contribution in [-0.4, -0.2) is 60.9 Å². The lowest BCUT2D eigenvalue weighted by molar-refractivity contribution is -0.144. The number of carboxylic acid groups (broad SMARTS) is 1. The highest BCUT2D eigenvalue weighted by Crippen LogP contribution is 2.14. The first-order valence-corrected chi connectivity index (χ1v) is 6.87. The van der Waals surface area contributed by atoms with Crippen molar-refractivity contribution in [3.05, 3.63) is 0 Å². The highest BCUT2D eigenvalue weighted by Gasteiger charge is 2.31. The Labute approximate surface area is 109 Å². The van der Waals surface area contributed by atoms with Gasteiger partial charge in [0, 0.05) is 13.1 Å². The van der Waals surface area contributed by atoms with Crippen molar-refractivity contribution in [3.8, 4) is 0 Å². The van der Waals surface area contributed by atoms with Gasteiger partial charge in [0.2, 0.25) is 0 Å². The average molecular weight is 258 g/mol. The minimum Gasteiger partial charge on any atom is -0.480 e. The molecule has 5 heteroatoms. The molecule has 0 aromatic carbocycles. The molecule has 1 atom stereocenters. The Kier molecular flexibility index (Phi) is 6.60. The van der Waals surface area contributed by atoms with Crippen molar-refractivity contribution < 1.29 is 14.6 Å². The normalized spacial score (nSPS) is 20.6. The third-order valence-electron chi connectivity index (χ3n) is 3.49. The van der Waals surface area contributed by atoms with Crippen molar-refractivity contribution in [3.63, 3.8) is 0 Å². The maximum atomic E-state index is 11.3. The van der Waals surface area contributed by atoms with Gasteiger partial charge in [-0.15, -0.1) is 0 Å². The largest absolute Gasteiger partial charge is 0.480 e. The van der Waals surface area contributed by atoms with Gasteiger partial charge in [-0.05, 0) is 39.3 Å². The Morgan fingerprint density at radius 3 is 2.67 bits per heavy atom. The van der Waals surface area contributed by atoms with Gasteiger partial charge < -0.3 is 15.2 Å². The molecule has 18 heavy (non-hydrogen) atoms. The summed E-state index contributed by atoms with van der Waals surface area (Å²) in [6.07, 6.45) is 2.52. The molecule has 1 aliphatic heterocycles. The Morgan fingerprint density at radius 2 is 2.11 bits per heavy atom. The maximum absolute atomic E-state index is 11.3. The molecule has 106 valence electrons. The first kappa shape index (κ1) is 15.4. The summed E-state index contributed by atoms with van der Waals surface area (Å²) >= 11 is 0.